The first-order valence-corrected chi connectivity index (χ1v) is 12.0. The number of rotatable bonds is 15. The van der Waals surface area contributed by atoms with Crippen LogP contribution in [0.1, 0.15) is 107 Å². The van der Waals surface area contributed by atoms with E-state index in [1.165, 1.54) is 54.4 Å². The average Bonchev–Trinajstić information content (AvgIpc) is 2.66. The van der Waals surface area contributed by atoms with Crippen molar-refractivity contribution >= 4 is 0 Å². The molecule has 0 nitrogen and oxygen atoms in total. The minimum absolute atomic E-state index is 0.550. The van der Waals surface area contributed by atoms with Gasteiger partial charge in [-0.25, -0.2) is 0 Å². The van der Waals surface area contributed by atoms with Crippen molar-refractivity contribution in [1.29, 1.82) is 0 Å². The summed E-state index contributed by atoms with van der Waals surface area (Å²) in [6, 6.07) is 0. The van der Waals surface area contributed by atoms with E-state index >= 15 is 0 Å². The van der Waals surface area contributed by atoms with E-state index in [0.29, 0.717) is 11.8 Å². The van der Waals surface area contributed by atoms with Gasteiger partial charge in [0, 0.05) is 0 Å². The highest BCUT2D eigenvalue weighted by Crippen LogP contribution is 2.24. The van der Waals surface area contributed by atoms with Crippen LogP contribution in [0.2, 0.25) is 0 Å². The maximum Gasteiger partial charge on any atom is -0.0134 e. The van der Waals surface area contributed by atoms with Gasteiger partial charge >= 0.3 is 0 Å². The van der Waals surface area contributed by atoms with Gasteiger partial charge in [-0.3, -0.25) is 0 Å². The molecule has 30 heavy (non-hydrogen) atoms. The van der Waals surface area contributed by atoms with E-state index in [1.807, 2.05) is 0 Å². The quantitative estimate of drug-likeness (QED) is 0.235. The molecule has 2 unspecified atom stereocenters. The average molecular weight is 411 g/mol. The van der Waals surface area contributed by atoms with Gasteiger partial charge in [0.15, 0.2) is 0 Å². The summed E-state index contributed by atoms with van der Waals surface area (Å²) in [4.78, 5) is 0. The Hall–Kier alpha value is -1.56. The van der Waals surface area contributed by atoms with Crippen LogP contribution in [0.15, 0.2) is 70.9 Å². The molecule has 0 aromatic carbocycles. The summed E-state index contributed by atoms with van der Waals surface area (Å²) in [7, 11) is 0. The number of hydrogen-bond donors (Lipinski definition) is 0. The summed E-state index contributed by atoms with van der Waals surface area (Å²) in [6.45, 7) is 21.9. The van der Waals surface area contributed by atoms with Crippen molar-refractivity contribution in [2.24, 2.45) is 11.8 Å². The fourth-order valence-corrected chi connectivity index (χ4v) is 3.36. The molecule has 2 atom stereocenters. The molecule has 0 aliphatic carbocycles. The third-order valence-corrected chi connectivity index (χ3v) is 5.75. The number of hydrogen-bond acceptors (Lipinski definition) is 0. The minimum atomic E-state index is 0.550. The Morgan fingerprint density at radius 3 is 1.80 bits per heavy atom. The smallest absolute Gasteiger partial charge is 0.0134 e. The van der Waals surface area contributed by atoms with Crippen LogP contribution in [0.25, 0.3) is 0 Å². The van der Waals surface area contributed by atoms with Crippen LogP contribution < -0.4 is 0 Å². The van der Waals surface area contributed by atoms with Gasteiger partial charge in [0.05, 0.1) is 0 Å². The highest BCUT2D eigenvalue weighted by molar-refractivity contribution is 5.15. The lowest BCUT2D eigenvalue weighted by molar-refractivity contribution is 0.600. The van der Waals surface area contributed by atoms with E-state index in [1.54, 1.807) is 5.57 Å². The van der Waals surface area contributed by atoms with Crippen molar-refractivity contribution in [3.05, 3.63) is 70.9 Å². The van der Waals surface area contributed by atoms with Crippen molar-refractivity contribution in [2.45, 2.75) is 107 Å². The fraction of sp³-hybridized carbons (Fsp3) is 0.600. The minimum Gasteiger partial charge on any atom is -0.103 e. The molecular formula is C30H50. The molecule has 0 saturated carbocycles. The predicted octanol–water partition coefficient (Wildman–Crippen LogP) is 10.3. The lowest BCUT2D eigenvalue weighted by Crippen LogP contribution is -2.00. The van der Waals surface area contributed by atoms with Gasteiger partial charge in [-0.1, -0.05) is 78.2 Å². The van der Waals surface area contributed by atoms with Crippen molar-refractivity contribution in [2.75, 3.05) is 0 Å². The Bertz CT molecular complexity index is 625. The molecule has 170 valence electrons. The third kappa shape index (κ3) is 16.3. The van der Waals surface area contributed by atoms with Crippen LogP contribution >= 0.6 is 0 Å². The largest absolute Gasteiger partial charge is 0.103 e. The van der Waals surface area contributed by atoms with Crippen molar-refractivity contribution in [1.82, 2.24) is 0 Å². The molecule has 0 fully saturated rings. The zero-order chi connectivity index (χ0) is 22.9. The van der Waals surface area contributed by atoms with E-state index in [4.69, 9.17) is 0 Å². The Labute approximate surface area is 189 Å². The van der Waals surface area contributed by atoms with Crippen LogP contribution in [0.5, 0.6) is 0 Å². The summed E-state index contributed by atoms with van der Waals surface area (Å²) < 4.78 is 0. The van der Waals surface area contributed by atoms with Crippen LogP contribution in [0, 0.1) is 11.8 Å². The second kappa shape index (κ2) is 17.2. The Morgan fingerprint density at radius 2 is 1.23 bits per heavy atom. The molecule has 0 heteroatoms. The van der Waals surface area contributed by atoms with Gasteiger partial charge in [0.1, 0.15) is 0 Å². The molecule has 0 radical (unpaired) electrons. The molecule has 0 aromatic heterocycles. The Kier molecular flexibility index (Phi) is 16.3. The molecule has 0 spiro atoms. The van der Waals surface area contributed by atoms with E-state index in [2.05, 4.69) is 98.4 Å². The van der Waals surface area contributed by atoms with Gasteiger partial charge in [-0.15, -0.1) is 6.58 Å². The zero-order valence-corrected chi connectivity index (χ0v) is 21.5. The molecule has 0 N–H and O–H groups in total. The maximum absolute atomic E-state index is 3.94. The highest BCUT2D eigenvalue weighted by Gasteiger charge is 2.08. The van der Waals surface area contributed by atoms with Crippen molar-refractivity contribution < 1.29 is 0 Å². The summed E-state index contributed by atoms with van der Waals surface area (Å²) in [5.74, 6) is 1.19. The van der Waals surface area contributed by atoms with Crippen LogP contribution in [0.3, 0.4) is 0 Å². The molecule has 0 aliphatic rings. The first-order valence-electron chi connectivity index (χ1n) is 12.0. The van der Waals surface area contributed by atoms with E-state index in [0.717, 1.165) is 19.3 Å². The van der Waals surface area contributed by atoms with Crippen LogP contribution in [0.4, 0.5) is 0 Å². The van der Waals surface area contributed by atoms with Crippen LogP contribution in [-0.4, -0.2) is 0 Å². The van der Waals surface area contributed by atoms with Crippen molar-refractivity contribution in [3.63, 3.8) is 0 Å². The highest BCUT2D eigenvalue weighted by atomic mass is 14.1. The van der Waals surface area contributed by atoms with Crippen molar-refractivity contribution in [3.8, 4) is 0 Å². The molecule has 0 aromatic rings. The topological polar surface area (TPSA) is 0 Å². The van der Waals surface area contributed by atoms with Gasteiger partial charge in [0.25, 0.3) is 0 Å². The molecular weight excluding hydrogens is 360 g/mol. The molecule has 0 rings (SSSR count). The van der Waals surface area contributed by atoms with E-state index in [9.17, 15) is 0 Å². The zero-order valence-electron chi connectivity index (χ0n) is 21.5. The number of allylic oxidation sites excluding steroid dienone is 11. The molecule has 0 saturated heterocycles. The summed E-state index contributed by atoms with van der Waals surface area (Å²) in [5.41, 5.74) is 7.48. The second-order valence-corrected chi connectivity index (χ2v) is 9.65. The predicted molar refractivity (Wildman–Crippen MR) is 140 cm³/mol. The first-order chi connectivity index (χ1) is 14.1. The first kappa shape index (κ1) is 28.4. The molecule has 0 heterocycles. The standard InChI is InChI=1S/C30H50/c1-10-26(6)20-22-30(29(9)19-12-15-25(4)5)23-21-28(8)18-13-17-27(7)16-11-14-24(2)3/h10,14-15,17,21-22,26,29H,1,11-13,16,18-20,23H2,2-9H3/b27-17+,28-21+,30-22-. The summed E-state index contributed by atoms with van der Waals surface area (Å²) in [6.07, 6.45) is 23.4. The fourth-order valence-electron chi connectivity index (χ4n) is 3.36. The van der Waals surface area contributed by atoms with Gasteiger partial charge in [-0.2, -0.15) is 0 Å². The Balaban J connectivity index is 4.79. The molecule has 0 aliphatic heterocycles. The van der Waals surface area contributed by atoms with Gasteiger partial charge < -0.3 is 0 Å². The van der Waals surface area contributed by atoms with E-state index < -0.39 is 0 Å². The van der Waals surface area contributed by atoms with E-state index in [-0.39, 0.29) is 0 Å². The normalized spacial score (nSPS) is 14.9. The molecule has 0 bridgehead atoms. The SMILES string of the molecule is C=CC(C)C/C=C(/C/C=C(\C)CC/C=C(\C)CCC=C(C)C)C(C)CCC=C(C)C. The maximum atomic E-state index is 3.94. The van der Waals surface area contributed by atoms with Gasteiger partial charge in [-0.05, 0) is 105 Å². The monoisotopic (exact) mass is 410 g/mol. The second-order valence-electron chi connectivity index (χ2n) is 9.65. The van der Waals surface area contributed by atoms with Gasteiger partial charge in [0.2, 0.25) is 0 Å². The third-order valence-electron chi connectivity index (χ3n) is 5.75. The lowest BCUT2D eigenvalue weighted by atomic mass is 9.90. The summed E-state index contributed by atoms with van der Waals surface area (Å²) >= 11 is 0. The Morgan fingerprint density at radius 1 is 0.700 bits per heavy atom. The lowest BCUT2D eigenvalue weighted by Gasteiger charge is -2.16. The molecule has 0 amide bonds. The van der Waals surface area contributed by atoms with Crippen LogP contribution in [-0.2, 0) is 0 Å². The summed E-state index contributed by atoms with van der Waals surface area (Å²) in [5, 5.41) is 0.